The molecule has 0 amide bonds. The summed E-state index contributed by atoms with van der Waals surface area (Å²) >= 11 is 0. The number of methoxy groups -OCH3 is 1. The summed E-state index contributed by atoms with van der Waals surface area (Å²) < 4.78 is 5.52. The Morgan fingerprint density at radius 2 is 2.11 bits per heavy atom. The van der Waals surface area contributed by atoms with E-state index in [0.29, 0.717) is 18.3 Å². The highest BCUT2D eigenvalue weighted by molar-refractivity contribution is 6.02. The molecule has 6 nitrogen and oxygen atoms in total. The Hall–Kier alpha value is -2.99. The van der Waals surface area contributed by atoms with Crippen molar-refractivity contribution in [2.24, 2.45) is 0 Å². The third-order valence-electron chi connectivity index (χ3n) is 6.12. The number of nitrogens with zero attached hydrogens (tertiary/aromatic N) is 3. The molecule has 1 aromatic carbocycles. The van der Waals surface area contributed by atoms with Crippen molar-refractivity contribution >= 4 is 22.9 Å². The number of aromatic nitrogens is 2. The Bertz CT molecular complexity index is 1080. The largest absolute Gasteiger partial charge is 0.496 e. The number of nitrogens with two attached hydrogens (primary N) is 1. The first kappa shape index (κ1) is 17.1. The Morgan fingerprint density at radius 3 is 2.82 bits per heavy atom. The molecule has 0 bridgehead atoms. The minimum atomic E-state index is -0.297. The van der Waals surface area contributed by atoms with Crippen LogP contribution in [0.25, 0.3) is 22.0 Å². The Labute approximate surface area is 163 Å². The first-order valence-electron chi connectivity index (χ1n) is 9.63. The van der Waals surface area contributed by atoms with Crippen molar-refractivity contribution in [3.05, 3.63) is 47.9 Å². The Kier molecular flexibility index (Phi) is 4.02. The third-order valence-corrected chi connectivity index (χ3v) is 6.12. The summed E-state index contributed by atoms with van der Waals surface area (Å²) in [5, 5.41) is 0.865. The fourth-order valence-electron chi connectivity index (χ4n) is 4.46. The van der Waals surface area contributed by atoms with E-state index in [-0.39, 0.29) is 6.04 Å². The van der Waals surface area contributed by atoms with Gasteiger partial charge in [0, 0.05) is 52.7 Å². The van der Waals surface area contributed by atoms with E-state index in [9.17, 15) is 4.79 Å². The lowest BCUT2D eigenvalue weighted by Gasteiger charge is -2.36. The zero-order chi connectivity index (χ0) is 19.3. The molecule has 1 atom stereocenters. The van der Waals surface area contributed by atoms with E-state index >= 15 is 0 Å². The van der Waals surface area contributed by atoms with Crippen LogP contribution in [0.2, 0.25) is 0 Å². The van der Waals surface area contributed by atoms with Crippen LogP contribution in [-0.4, -0.2) is 34.3 Å². The van der Waals surface area contributed by atoms with Gasteiger partial charge in [-0.2, -0.15) is 0 Å². The number of para-hydroxylation sites is 1. The fraction of sp³-hybridized carbons (Fsp3) is 0.318. The molecule has 2 aliphatic rings. The summed E-state index contributed by atoms with van der Waals surface area (Å²) in [6.07, 6.45) is 8.00. The molecule has 5 rings (SSSR count). The van der Waals surface area contributed by atoms with Crippen molar-refractivity contribution in [3.63, 3.8) is 0 Å². The van der Waals surface area contributed by atoms with Crippen molar-refractivity contribution in [2.45, 2.75) is 37.9 Å². The molecule has 1 aliphatic carbocycles. The number of ether oxygens (including phenoxy) is 1. The van der Waals surface area contributed by atoms with Crippen molar-refractivity contribution in [3.8, 4) is 16.9 Å². The van der Waals surface area contributed by atoms with Crippen molar-refractivity contribution in [1.82, 2.24) is 14.9 Å². The molecule has 1 saturated carbocycles. The molecule has 1 aliphatic heterocycles. The van der Waals surface area contributed by atoms with Crippen LogP contribution in [0.5, 0.6) is 5.75 Å². The lowest BCUT2D eigenvalue weighted by Crippen LogP contribution is -2.39. The van der Waals surface area contributed by atoms with E-state index in [1.165, 1.54) is 6.42 Å². The topological polar surface area (TPSA) is 81.3 Å². The lowest BCUT2D eigenvalue weighted by molar-refractivity contribution is -0.113. The zero-order valence-corrected chi connectivity index (χ0v) is 15.8. The van der Waals surface area contributed by atoms with Gasteiger partial charge in [-0.15, -0.1) is 0 Å². The van der Waals surface area contributed by atoms with Gasteiger partial charge in [0.05, 0.1) is 24.4 Å². The number of nitrogen functional groups attached to an aromatic ring is 1. The minimum absolute atomic E-state index is 0.297. The predicted molar refractivity (Wildman–Crippen MR) is 108 cm³/mol. The highest BCUT2D eigenvalue weighted by atomic mass is 16.5. The second-order valence-corrected chi connectivity index (χ2v) is 7.50. The van der Waals surface area contributed by atoms with Gasteiger partial charge in [0.15, 0.2) is 0 Å². The normalized spacial score (nSPS) is 19.4. The number of carbonyl (C=O) groups excluding carboxylic acids is 1. The number of hydrogen-bond donors (Lipinski definition) is 1. The molecule has 6 heteroatoms. The SMILES string of the molecule is COc1ccncc1-c1cccc2c(N)c3c(nc12)CN(C1CCC1)C3C=O. The molecule has 3 aromatic rings. The maximum Gasteiger partial charge on any atom is 0.141 e. The Morgan fingerprint density at radius 1 is 1.25 bits per heavy atom. The molecule has 1 unspecified atom stereocenters. The van der Waals surface area contributed by atoms with Crippen LogP contribution in [0.3, 0.4) is 0 Å². The van der Waals surface area contributed by atoms with Crippen LogP contribution >= 0.6 is 0 Å². The van der Waals surface area contributed by atoms with Gasteiger partial charge in [-0.25, -0.2) is 0 Å². The molecule has 3 heterocycles. The Balaban J connectivity index is 1.72. The van der Waals surface area contributed by atoms with Gasteiger partial charge in [0.2, 0.25) is 0 Å². The summed E-state index contributed by atoms with van der Waals surface area (Å²) in [6.45, 7) is 0.669. The number of hydrogen-bond acceptors (Lipinski definition) is 6. The van der Waals surface area contributed by atoms with Gasteiger partial charge in [-0.3, -0.25) is 14.9 Å². The molecule has 0 spiro atoms. The van der Waals surface area contributed by atoms with E-state index in [0.717, 1.165) is 58.2 Å². The highest BCUT2D eigenvalue weighted by Gasteiger charge is 2.39. The molecular weight excluding hydrogens is 352 g/mol. The zero-order valence-electron chi connectivity index (χ0n) is 15.8. The molecule has 2 N–H and O–H groups in total. The number of benzene rings is 1. The predicted octanol–water partition coefficient (Wildman–Crippen LogP) is 3.50. The van der Waals surface area contributed by atoms with Crippen LogP contribution < -0.4 is 10.5 Å². The molecule has 2 aromatic heterocycles. The smallest absolute Gasteiger partial charge is 0.141 e. The number of aldehydes is 1. The van der Waals surface area contributed by atoms with Crippen LogP contribution in [0.1, 0.15) is 36.6 Å². The summed E-state index contributed by atoms with van der Waals surface area (Å²) in [4.78, 5) is 23.4. The van der Waals surface area contributed by atoms with E-state index in [2.05, 4.69) is 9.88 Å². The number of fused-ring (bicyclic) bond motifs is 2. The maximum absolute atomic E-state index is 11.9. The minimum Gasteiger partial charge on any atom is -0.496 e. The first-order valence-corrected chi connectivity index (χ1v) is 9.63. The molecule has 28 heavy (non-hydrogen) atoms. The quantitative estimate of drug-likeness (QED) is 0.704. The summed E-state index contributed by atoms with van der Waals surface area (Å²) in [6, 6.07) is 7.93. The number of rotatable bonds is 4. The average molecular weight is 374 g/mol. The number of anilines is 1. The van der Waals surface area contributed by atoms with Crippen LogP contribution in [0, 0.1) is 0 Å². The van der Waals surface area contributed by atoms with E-state index in [4.69, 9.17) is 15.5 Å². The summed E-state index contributed by atoms with van der Waals surface area (Å²) in [5.41, 5.74) is 11.7. The van der Waals surface area contributed by atoms with Crippen LogP contribution in [-0.2, 0) is 11.3 Å². The van der Waals surface area contributed by atoms with E-state index in [1.807, 2.05) is 24.3 Å². The lowest BCUT2D eigenvalue weighted by atomic mass is 9.90. The maximum atomic E-state index is 11.9. The monoisotopic (exact) mass is 374 g/mol. The first-order chi connectivity index (χ1) is 13.7. The van der Waals surface area contributed by atoms with Gasteiger partial charge in [0.1, 0.15) is 12.0 Å². The molecule has 1 fully saturated rings. The second kappa shape index (κ2) is 6.56. The van der Waals surface area contributed by atoms with E-state index in [1.54, 1.807) is 19.5 Å². The fourth-order valence-corrected chi connectivity index (χ4v) is 4.46. The van der Waals surface area contributed by atoms with Crippen molar-refractivity contribution in [2.75, 3.05) is 12.8 Å². The number of carbonyl (C=O) groups is 1. The van der Waals surface area contributed by atoms with Crippen molar-refractivity contribution in [1.29, 1.82) is 0 Å². The highest BCUT2D eigenvalue weighted by Crippen LogP contribution is 2.44. The van der Waals surface area contributed by atoms with Gasteiger partial charge < -0.3 is 15.3 Å². The molecule has 0 saturated heterocycles. The third kappa shape index (κ3) is 2.41. The van der Waals surface area contributed by atoms with Crippen LogP contribution in [0.4, 0.5) is 5.69 Å². The summed E-state index contributed by atoms with van der Waals surface area (Å²) in [5.74, 6) is 0.741. The van der Waals surface area contributed by atoms with Gasteiger partial charge in [-0.05, 0) is 18.9 Å². The molecular formula is C22H22N4O2. The van der Waals surface area contributed by atoms with Crippen molar-refractivity contribution < 1.29 is 9.53 Å². The van der Waals surface area contributed by atoms with Gasteiger partial charge >= 0.3 is 0 Å². The molecule has 0 radical (unpaired) electrons. The van der Waals surface area contributed by atoms with Gasteiger partial charge in [-0.1, -0.05) is 24.6 Å². The average Bonchev–Trinajstić information content (AvgIpc) is 3.04. The summed E-state index contributed by atoms with van der Waals surface area (Å²) in [7, 11) is 1.65. The standard InChI is InChI=1S/C22H22N4O2/c1-28-19-8-9-24-10-16(19)14-6-3-7-15-21(23)20-17(25-22(14)15)11-26(18(20)12-27)13-4-2-5-13/h3,6-10,12-13,18H,2,4-5,11H2,1H3,(H2,23,25). The second-order valence-electron chi connectivity index (χ2n) is 7.50. The van der Waals surface area contributed by atoms with Gasteiger partial charge in [0.25, 0.3) is 0 Å². The van der Waals surface area contributed by atoms with E-state index < -0.39 is 0 Å². The molecule has 142 valence electrons. The van der Waals surface area contributed by atoms with Crippen LogP contribution in [0.15, 0.2) is 36.7 Å². The number of pyridine rings is 2.